The molecule has 0 radical (unpaired) electrons. The average Bonchev–Trinajstić information content (AvgIpc) is 2.37. The van der Waals surface area contributed by atoms with Gasteiger partial charge in [0.25, 0.3) is 0 Å². The molecule has 0 fully saturated rings. The summed E-state index contributed by atoms with van der Waals surface area (Å²) >= 11 is -2.62. The van der Waals surface area contributed by atoms with Gasteiger partial charge in [0, 0.05) is 0 Å². The van der Waals surface area contributed by atoms with E-state index in [2.05, 4.69) is 25.8 Å². The Hall–Kier alpha value is -0.581. The quantitative estimate of drug-likeness (QED) is 0.779. The van der Waals surface area contributed by atoms with Crippen LogP contribution in [0.1, 0.15) is 31.1 Å². The van der Waals surface area contributed by atoms with Crippen LogP contribution in [0.5, 0.6) is 0 Å². The fourth-order valence-electron chi connectivity index (χ4n) is 1.71. The van der Waals surface area contributed by atoms with Crippen molar-refractivity contribution < 1.29 is 7.87 Å². The zero-order valence-corrected chi connectivity index (χ0v) is 13.0. The van der Waals surface area contributed by atoms with Gasteiger partial charge in [-0.15, -0.1) is 0 Å². The first-order valence-electron chi connectivity index (χ1n) is 5.80. The van der Waals surface area contributed by atoms with E-state index in [-0.39, 0.29) is 5.97 Å². The molecular formula is C12H19NO2Sn. The summed E-state index contributed by atoms with van der Waals surface area (Å²) in [6.07, 6.45) is 3.23. The summed E-state index contributed by atoms with van der Waals surface area (Å²) in [6, 6.07) is 3.52. The summed E-state index contributed by atoms with van der Waals surface area (Å²) in [5.41, 5.74) is 0.568. The number of aromatic nitrogens is 1. The molecule has 0 aliphatic heterocycles. The van der Waals surface area contributed by atoms with Crippen molar-refractivity contribution in [3.05, 3.63) is 30.1 Å². The molecular weight excluding hydrogens is 309 g/mol. The molecule has 0 N–H and O–H groups in total. The Kier molecular flexibility index (Phi) is 5.25. The monoisotopic (exact) mass is 329 g/mol. The van der Waals surface area contributed by atoms with Crippen molar-refractivity contribution in [1.29, 1.82) is 0 Å². The van der Waals surface area contributed by atoms with Gasteiger partial charge in [-0.3, -0.25) is 0 Å². The Morgan fingerprint density at radius 1 is 1.31 bits per heavy atom. The second-order valence-electron chi connectivity index (χ2n) is 3.87. The Morgan fingerprint density at radius 2 is 1.94 bits per heavy atom. The van der Waals surface area contributed by atoms with Gasteiger partial charge in [-0.2, -0.15) is 0 Å². The molecule has 1 aromatic heterocycles. The van der Waals surface area contributed by atoms with Crippen LogP contribution in [0.4, 0.5) is 0 Å². The number of hydrogen-bond acceptors (Lipinski definition) is 3. The normalized spacial score (nSPS) is 11.2. The van der Waals surface area contributed by atoms with Crippen molar-refractivity contribution in [2.24, 2.45) is 0 Å². The van der Waals surface area contributed by atoms with Gasteiger partial charge in [0.1, 0.15) is 0 Å². The molecule has 16 heavy (non-hydrogen) atoms. The van der Waals surface area contributed by atoms with Crippen molar-refractivity contribution in [3.63, 3.8) is 0 Å². The minimum absolute atomic E-state index is 0.186. The van der Waals surface area contributed by atoms with Crippen molar-refractivity contribution in [2.45, 2.75) is 34.1 Å². The van der Waals surface area contributed by atoms with Crippen molar-refractivity contribution in [2.75, 3.05) is 0 Å². The van der Waals surface area contributed by atoms with E-state index in [9.17, 15) is 4.79 Å². The van der Waals surface area contributed by atoms with Crippen LogP contribution in [-0.4, -0.2) is 29.7 Å². The number of hydrogen-bond donors (Lipinski definition) is 0. The predicted molar refractivity (Wildman–Crippen MR) is 66.8 cm³/mol. The van der Waals surface area contributed by atoms with Gasteiger partial charge < -0.3 is 0 Å². The molecule has 0 atom stereocenters. The minimum atomic E-state index is -2.62. The zero-order chi connectivity index (χ0) is 12.0. The van der Waals surface area contributed by atoms with E-state index in [1.807, 2.05) is 0 Å². The fourth-order valence-corrected chi connectivity index (χ4v) is 8.68. The van der Waals surface area contributed by atoms with E-state index in [4.69, 9.17) is 3.07 Å². The molecule has 88 valence electrons. The third-order valence-electron chi connectivity index (χ3n) is 3.14. The van der Waals surface area contributed by atoms with E-state index in [0.29, 0.717) is 5.56 Å². The van der Waals surface area contributed by atoms with Crippen LogP contribution in [-0.2, 0) is 3.07 Å². The molecule has 0 bridgehead atoms. The molecule has 1 heterocycles. The van der Waals surface area contributed by atoms with Crippen LogP contribution in [0.3, 0.4) is 0 Å². The average molecular weight is 328 g/mol. The van der Waals surface area contributed by atoms with Gasteiger partial charge in [-0.05, 0) is 0 Å². The van der Waals surface area contributed by atoms with Gasteiger partial charge >= 0.3 is 102 Å². The maximum absolute atomic E-state index is 11.9. The first-order valence-corrected chi connectivity index (χ1v) is 13.0. The molecule has 0 aliphatic rings. The van der Waals surface area contributed by atoms with E-state index < -0.39 is 18.8 Å². The molecule has 1 rings (SSSR count). The molecule has 0 amide bonds. The van der Waals surface area contributed by atoms with Crippen molar-refractivity contribution in [1.82, 2.24) is 4.98 Å². The number of pyridine rings is 1. The molecule has 0 spiro atoms. The van der Waals surface area contributed by atoms with Crippen LogP contribution in [0.25, 0.3) is 0 Å². The number of rotatable bonds is 5. The Bertz CT molecular complexity index is 328. The van der Waals surface area contributed by atoms with E-state index >= 15 is 0 Å². The second-order valence-corrected chi connectivity index (χ2v) is 17.3. The molecule has 0 unspecified atom stereocenters. The Balaban J connectivity index is 2.77. The van der Waals surface area contributed by atoms with Crippen LogP contribution in [0, 0.1) is 0 Å². The first kappa shape index (κ1) is 13.5. The van der Waals surface area contributed by atoms with Gasteiger partial charge in [0.05, 0.1) is 0 Å². The second kappa shape index (κ2) is 6.23. The van der Waals surface area contributed by atoms with Crippen LogP contribution >= 0.6 is 0 Å². The zero-order valence-electron chi connectivity index (χ0n) is 10.2. The van der Waals surface area contributed by atoms with E-state index in [1.165, 1.54) is 0 Å². The van der Waals surface area contributed by atoms with Gasteiger partial charge in [-0.1, -0.05) is 0 Å². The standard InChI is InChI=1S/C6H5NO2.3C2H5.Sn/c8-6(9)5-2-1-3-7-4-5;3*1-2;/h1-4H,(H,8,9);3*1H2,2H3;/q;;;;+1/p-1. The number of carbonyl (C=O) groups excluding carboxylic acids is 1. The molecule has 0 aromatic carbocycles. The summed E-state index contributed by atoms with van der Waals surface area (Å²) in [7, 11) is 0. The molecule has 0 saturated heterocycles. The number of carbonyl (C=O) groups is 1. The van der Waals surface area contributed by atoms with E-state index in [0.717, 1.165) is 13.3 Å². The SMILES string of the molecule is C[CH2][Sn]([CH2]C)([CH2]C)[O]C(=O)c1cccnc1. The van der Waals surface area contributed by atoms with Crippen molar-refractivity contribution >= 4 is 24.8 Å². The Morgan fingerprint density at radius 3 is 2.38 bits per heavy atom. The van der Waals surface area contributed by atoms with Gasteiger partial charge in [0.2, 0.25) is 0 Å². The topological polar surface area (TPSA) is 39.2 Å². The third kappa shape index (κ3) is 3.20. The molecule has 3 nitrogen and oxygen atoms in total. The van der Waals surface area contributed by atoms with Crippen LogP contribution < -0.4 is 0 Å². The molecule has 1 aromatic rings. The molecule has 0 saturated carbocycles. The Labute approximate surface area is 102 Å². The van der Waals surface area contributed by atoms with Crippen LogP contribution in [0.15, 0.2) is 24.5 Å². The molecule has 0 aliphatic carbocycles. The number of nitrogens with zero attached hydrogens (tertiary/aromatic N) is 1. The third-order valence-corrected chi connectivity index (χ3v) is 15.9. The first-order chi connectivity index (χ1) is 7.67. The summed E-state index contributed by atoms with van der Waals surface area (Å²) in [4.78, 5) is 15.9. The van der Waals surface area contributed by atoms with Gasteiger partial charge in [0.15, 0.2) is 0 Å². The van der Waals surface area contributed by atoms with Gasteiger partial charge in [-0.25, -0.2) is 0 Å². The molecule has 4 heteroatoms. The summed E-state index contributed by atoms with van der Waals surface area (Å²) < 4.78 is 8.95. The summed E-state index contributed by atoms with van der Waals surface area (Å²) in [6.45, 7) is 6.42. The van der Waals surface area contributed by atoms with Crippen LogP contribution in [0.2, 0.25) is 13.3 Å². The summed E-state index contributed by atoms with van der Waals surface area (Å²) in [5, 5.41) is 0. The fraction of sp³-hybridized carbons (Fsp3) is 0.500. The predicted octanol–water partition coefficient (Wildman–Crippen LogP) is 3.24. The maximum atomic E-state index is 11.9. The van der Waals surface area contributed by atoms with E-state index in [1.54, 1.807) is 24.5 Å². The van der Waals surface area contributed by atoms with Crippen molar-refractivity contribution in [3.8, 4) is 0 Å². The summed E-state index contributed by atoms with van der Waals surface area (Å²) in [5.74, 6) is -0.186.